The molecule has 0 aliphatic carbocycles. The lowest BCUT2D eigenvalue weighted by atomic mass is 10.2. The number of carbonyl (C=O) groups is 1. The molecule has 0 aromatic carbocycles. The van der Waals surface area contributed by atoms with E-state index in [2.05, 4.69) is 55.5 Å². The maximum absolute atomic E-state index is 10.3. The van der Waals surface area contributed by atoms with Gasteiger partial charge < -0.3 is 9.53 Å². The molecule has 0 radical (unpaired) electrons. The molecule has 1 aliphatic heterocycles. The molecule has 1 fully saturated rings. The fourth-order valence-corrected chi connectivity index (χ4v) is 1.68. The van der Waals surface area contributed by atoms with Crippen LogP contribution in [-0.2, 0) is 9.53 Å². The molecule has 0 amide bonds. The van der Waals surface area contributed by atoms with Gasteiger partial charge in [-0.25, -0.2) is 0 Å². The van der Waals surface area contributed by atoms with Crippen molar-refractivity contribution in [2.24, 2.45) is 0 Å². The molecule has 0 unspecified atom stereocenters. The third kappa shape index (κ3) is 8.33. The van der Waals surface area contributed by atoms with E-state index < -0.39 is 0 Å². The molecule has 0 bridgehead atoms. The summed E-state index contributed by atoms with van der Waals surface area (Å²) in [6.07, 6.45) is 23.1. The number of hydrogen-bond donors (Lipinski definition) is 0. The van der Waals surface area contributed by atoms with Gasteiger partial charge in [0.15, 0.2) is 6.29 Å². The zero-order valence-electron chi connectivity index (χ0n) is 11.7. The van der Waals surface area contributed by atoms with Gasteiger partial charge in [0.1, 0.15) is 6.10 Å². The SMILES string of the molecule is CC/C=C\C/C=C\C/C=C\C/C=C\C[C@@H]1O[C@H]1C=O. The van der Waals surface area contributed by atoms with Crippen LogP contribution in [0.25, 0.3) is 0 Å². The molecule has 2 nitrogen and oxygen atoms in total. The molecule has 1 aliphatic rings. The molecule has 0 N–H and O–H groups in total. The summed E-state index contributed by atoms with van der Waals surface area (Å²) in [5.41, 5.74) is 0. The average Bonchev–Trinajstić information content (AvgIpc) is 3.19. The lowest BCUT2D eigenvalue weighted by molar-refractivity contribution is -0.108. The summed E-state index contributed by atoms with van der Waals surface area (Å²) >= 11 is 0. The second-order valence-electron chi connectivity index (χ2n) is 4.51. The summed E-state index contributed by atoms with van der Waals surface area (Å²) in [7, 11) is 0. The van der Waals surface area contributed by atoms with Gasteiger partial charge in [0.2, 0.25) is 0 Å². The molecule has 0 aromatic rings. The Labute approximate surface area is 116 Å². The number of allylic oxidation sites excluding steroid dienone is 7. The Bertz CT molecular complexity index is 350. The van der Waals surface area contributed by atoms with Crippen molar-refractivity contribution in [3.63, 3.8) is 0 Å². The van der Waals surface area contributed by atoms with Crippen LogP contribution in [0.3, 0.4) is 0 Å². The van der Waals surface area contributed by atoms with Gasteiger partial charge in [-0.3, -0.25) is 0 Å². The van der Waals surface area contributed by atoms with E-state index in [0.717, 1.165) is 38.4 Å². The molecule has 104 valence electrons. The van der Waals surface area contributed by atoms with Crippen molar-refractivity contribution >= 4 is 6.29 Å². The largest absolute Gasteiger partial charge is 0.361 e. The number of ether oxygens (including phenoxy) is 1. The van der Waals surface area contributed by atoms with Crippen molar-refractivity contribution in [2.75, 3.05) is 0 Å². The average molecular weight is 260 g/mol. The molecule has 1 saturated heterocycles. The summed E-state index contributed by atoms with van der Waals surface area (Å²) in [6.45, 7) is 2.14. The molecule has 0 spiro atoms. The van der Waals surface area contributed by atoms with Crippen LogP contribution in [0, 0.1) is 0 Å². The van der Waals surface area contributed by atoms with Crippen LogP contribution >= 0.6 is 0 Å². The van der Waals surface area contributed by atoms with Gasteiger partial charge in [0, 0.05) is 0 Å². The van der Waals surface area contributed by atoms with Gasteiger partial charge in [-0.2, -0.15) is 0 Å². The van der Waals surface area contributed by atoms with Crippen molar-refractivity contribution in [2.45, 2.75) is 51.2 Å². The van der Waals surface area contributed by atoms with Gasteiger partial charge in [0.05, 0.1) is 6.10 Å². The molecule has 2 atom stereocenters. The maximum atomic E-state index is 10.3. The zero-order chi connectivity index (χ0) is 13.8. The van der Waals surface area contributed by atoms with Crippen molar-refractivity contribution in [3.05, 3.63) is 48.6 Å². The van der Waals surface area contributed by atoms with Gasteiger partial charge in [0.25, 0.3) is 0 Å². The van der Waals surface area contributed by atoms with E-state index in [1.54, 1.807) is 0 Å². The van der Waals surface area contributed by atoms with Gasteiger partial charge in [-0.05, 0) is 32.1 Å². The van der Waals surface area contributed by atoms with Crippen LogP contribution in [-0.4, -0.2) is 18.5 Å². The summed E-state index contributed by atoms with van der Waals surface area (Å²) in [4.78, 5) is 10.3. The van der Waals surface area contributed by atoms with Gasteiger partial charge in [-0.1, -0.05) is 55.5 Å². The minimum Gasteiger partial charge on any atom is -0.361 e. The minimum absolute atomic E-state index is 0.136. The quantitative estimate of drug-likeness (QED) is 0.335. The molecular weight excluding hydrogens is 236 g/mol. The maximum Gasteiger partial charge on any atom is 0.151 e. The van der Waals surface area contributed by atoms with E-state index in [-0.39, 0.29) is 12.2 Å². The standard InChI is InChI=1S/C17H24O2/c1-2-3-4-5-6-7-8-9-10-11-12-13-14-16-17(15-18)19-16/h3-4,6-7,9-10,12-13,15-17H,2,5,8,11,14H2,1H3/b4-3-,7-6-,10-9-,13-12-/t16-,17-/m0/s1. The second kappa shape index (κ2) is 10.5. The summed E-state index contributed by atoms with van der Waals surface area (Å²) in [6, 6.07) is 0. The minimum atomic E-state index is -0.146. The van der Waals surface area contributed by atoms with E-state index in [9.17, 15) is 4.79 Å². The first-order valence-corrected chi connectivity index (χ1v) is 7.09. The second-order valence-corrected chi connectivity index (χ2v) is 4.51. The normalized spacial score (nSPS) is 23.2. The summed E-state index contributed by atoms with van der Waals surface area (Å²) in [5.74, 6) is 0. The molecule has 1 rings (SSSR count). The Balaban J connectivity index is 1.94. The highest BCUT2D eigenvalue weighted by Crippen LogP contribution is 2.23. The first-order valence-electron chi connectivity index (χ1n) is 7.09. The van der Waals surface area contributed by atoms with Crippen LogP contribution in [0.2, 0.25) is 0 Å². The fraction of sp³-hybridized carbons (Fsp3) is 0.471. The Kier molecular flexibility index (Phi) is 8.65. The Hall–Kier alpha value is -1.41. The van der Waals surface area contributed by atoms with Crippen molar-refractivity contribution in [3.8, 4) is 0 Å². The topological polar surface area (TPSA) is 29.6 Å². The molecular formula is C17H24O2. The Morgan fingerprint density at radius 2 is 1.37 bits per heavy atom. The number of rotatable bonds is 10. The lowest BCUT2D eigenvalue weighted by Gasteiger charge is -1.85. The van der Waals surface area contributed by atoms with E-state index in [0.29, 0.717) is 0 Å². The Morgan fingerprint density at radius 3 is 1.84 bits per heavy atom. The van der Waals surface area contributed by atoms with E-state index in [1.807, 2.05) is 0 Å². The molecule has 19 heavy (non-hydrogen) atoms. The Morgan fingerprint density at radius 1 is 0.842 bits per heavy atom. The van der Waals surface area contributed by atoms with E-state index in [4.69, 9.17) is 4.74 Å². The monoisotopic (exact) mass is 260 g/mol. The summed E-state index contributed by atoms with van der Waals surface area (Å²) in [5, 5.41) is 0. The van der Waals surface area contributed by atoms with Crippen LogP contribution in [0.5, 0.6) is 0 Å². The highest BCUT2D eigenvalue weighted by atomic mass is 16.6. The van der Waals surface area contributed by atoms with Crippen LogP contribution in [0.4, 0.5) is 0 Å². The first-order chi connectivity index (χ1) is 9.38. The fourth-order valence-electron chi connectivity index (χ4n) is 1.68. The van der Waals surface area contributed by atoms with Gasteiger partial charge >= 0.3 is 0 Å². The number of hydrogen-bond acceptors (Lipinski definition) is 2. The molecule has 2 heteroatoms. The smallest absolute Gasteiger partial charge is 0.151 e. The number of epoxide rings is 1. The predicted octanol–water partition coefficient (Wildman–Crippen LogP) is 4.15. The third-order valence-electron chi connectivity index (χ3n) is 2.84. The van der Waals surface area contributed by atoms with Gasteiger partial charge in [-0.15, -0.1) is 0 Å². The van der Waals surface area contributed by atoms with E-state index in [1.165, 1.54) is 0 Å². The molecule has 0 aromatic heterocycles. The number of carbonyl (C=O) groups excluding carboxylic acids is 1. The summed E-state index contributed by atoms with van der Waals surface area (Å²) < 4.78 is 5.11. The third-order valence-corrected chi connectivity index (χ3v) is 2.84. The molecule has 1 heterocycles. The van der Waals surface area contributed by atoms with Crippen LogP contribution in [0.1, 0.15) is 39.0 Å². The van der Waals surface area contributed by atoms with Crippen LogP contribution < -0.4 is 0 Å². The van der Waals surface area contributed by atoms with Crippen LogP contribution in [0.15, 0.2) is 48.6 Å². The van der Waals surface area contributed by atoms with Crippen molar-refractivity contribution < 1.29 is 9.53 Å². The number of aldehydes is 1. The van der Waals surface area contributed by atoms with E-state index >= 15 is 0 Å². The first kappa shape index (κ1) is 15.6. The highest BCUT2D eigenvalue weighted by Gasteiger charge is 2.36. The molecule has 0 saturated carbocycles. The van der Waals surface area contributed by atoms with Crippen molar-refractivity contribution in [1.29, 1.82) is 0 Å². The lowest BCUT2D eigenvalue weighted by Crippen LogP contribution is -1.91. The van der Waals surface area contributed by atoms with Crippen molar-refractivity contribution in [1.82, 2.24) is 0 Å². The zero-order valence-corrected chi connectivity index (χ0v) is 11.7. The highest BCUT2D eigenvalue weighted by molar-refractivity contribution is 5.60. The predicted molar refractivity (Wildman–Crippen MR) is 80.0 cm³/mol.